The first-order chi connectivity index (χ1) is 16.0. The van der Waals surface area contributed by atoms with Gasteiger partial charge in [-0.1, -0.05) is 18.2 Å². The van der Waals surface area contributed by atoms with Crippen molar-refractivity contribution in [3.8, 4) is 11.1 Å². The fraction of sp³-hybridized carbons (Fsp3) is 0.292. The Morgan fingerprint density at radius 3 is 2.82 bits per heavy atom. The fourth-order valence-electron chi connectivity index (χ4n) is 4.53. The Kier molecular flexibility index (Phi) is 5.37. The highest BCUT2D eigenvalue weighted by Crippen LogP contribution is 2.32. The van der Waals surface area contributed by atoms with E-state index in [2.05, 4.69) is 31.9 Å². The zero-order valence-electron chi connectivity index (χ0n) is 18.5. The molecule has 2 aliphatic rings. The van der Waals surface area contributed by atoms with Crippen molar-refractivity contribution in [2.45, 2.75) is 31.7 Å². The number of hydrogen-bond acceptors (Lipinski definition) is 6. The number of carbonyl (C=O) groups is 2. The maximum Gasteiger partial charge on any atom is 0.324 e. The molecule has 0 saturated carbocycles. The molecule has 3 N–H and O–H groups in total. The van der Waals surface area contributed by atoms with Gasteiger partial charge in [0.2, 0.25) is 0 Å². The van der Waals surface area contributed by atoms with E-state index < -0.39 is 0 Å². The van der Waals surface area contributed by atoms with Gasteiger partial charge in [-0.05, 0) is 31.9 Å². The van der Waals surface area contributed by atoms with Crippen LogP contribution in [0.4, 0.5) is 10.6 Å². The Morgan fingerprint density at radius 1 is 1.12 bits per heavy atom. The molecule has 2 aliphatic heterocycles. The second-order valence-corrected chi connectivity index (χ2v) is 8.37. The molecule has 9 nitrogen and oxygen atoms in total. The number of nitrogens with one attached hydrogen (secondary N) is 3. The number of H-pyrrole nitrogens is 1. The molecule has 0 unspecified atom stereocenters. The molecular formula is C24H25N7O2. The molecule has 0 bridgehead atoms. The molecule has 4 heterocycles. The van der Waals surface area contributed by atoms with Gasteiger partial charge in [-0.15, -0.1) is 0 Å². The molecule has 3 aromatic rings. The summed E-state index contributed by atoms with van der Waals surface area (Å²) in [6.45, 7) is 2.39. The summed E-state index contributed by atoms with van der Waals surface area (Å²) in [6, 6.07) is 11.3. The minimum Gasteiger partial charge on any atom is -0.374 e. The van der Waals surface area contributed by atoms with Gasteiger partial charge >= 0.3 is 6.03 Å². The number of piperidine rings is 1. The van der Waals surface area contributed by atoms with Crippen LogP contribution in [0.15, 0.2) is 48.8 Å². The van der Waals surface area contributed by atoms with Crippen LogP contribution in [-0.2, 0) is 4.79 Å². The number of rotatable bonds is 3. The number of para-hydroxylation sites is 1. The summed E-state index contributed by atoms with van der Waals surface area (Å²) in [7, 11) is 1.81. The first-order valence-electron chi connectivity index (χ1n) is 11.0. The van der Waals surface area contributed by atoms with Crippen molar-refractivity contribution in [1.82, 2.24) is 30.4 Å². The van der Waals surface area contributed by atoms with E-state index in [-0.39, 0.29) is 23.9 Å². The number of pyridine rings is 1. The Bertz CT molecular complexity index is 1300. The summed E-state index contributed by atoms with van der Waals surface area (Å²) in [5, 5.41) is 14.0. The molecule has 0 aliphatic carbocycles. The quantitative estimate of drug-likeness (QED) is 0.535. The summed E-state index contributed by atoms with van der Waals surface area (Å²) >= 11 is 0. The number of anilines is 1. The number of aryl methyl sites for hydroxylation is 1. The van der Waals surface area contributed by atoms with Crippen molar-refractivity contribution < 1.29 is 9.59 Å². The first-order valence-corrected chi connectivity index (χ1v) is 11.0. The number of urea groups is 1. The molecule has 2 saturated heterocycles. The normalized spacial score (nSPS) is 19.8. The number of amides is 3. The lowest BCUT2D eigenvalue weighted by molar-refractivity contribution is -0.122. The van der Waals surface area contributed by atoms with Crippen molar-refractivity contribution in [2.24, 2.45) is 0 Å². The van der Waals surface area contributed by atoms with Crippen molar-refractivity contribution in [1.29, 1.82) is 0 Å². The smallest absolute Gasteiger partial charge is 0.324 e. The van der Waals surface area contributed by atoms with E-state index in [4.69, 9.17) is 4.98 Å². The molecule has 0 spiro atoms. The van der Waals surface area contributed by atoms with Crippen LogP contribution in [0.1, 0.15) is 30.1 Å². The maximum absolute atomic E-state index is 12.2. The summed E-state index contributed by atoms with van der Waals surface area (Å²) in [6.07, 6.45) is 4.95. The predicted octanol–water partition coefficient (Wildman–Crippen LogP) is 3.29. The van der Waals surface area contributed by atoms with E-state index in [1.54, 1.807) is 11.1 Å². The first kappa shape index (κ1) is 20.9. The van der Waals surface area contributed by atoms with Crippen LogP contribution in [0.2, 0.25) is 0 Å². The lowest BCUT2D eigenvalue weighted by Crippen LogP contribution is -2.42. The van der Waals surface area contributed by atoms with Gasteiger partial charge in [0.1, 0.15) is 11.9 Å². The zero-order chi connectivity index (χ0) is 22.9. The van der Waals surface area contributed by atoms with Gasteiger partial charge in [0.25, 0.3) is 5.91 Å². The van der Waals surface area contributed by atoms with E-state index in [9.17, 15) is 9.59 Å². The fourth-order valence-corrected chi connectivity index (χ4v) is 4.53. The molecule has 2 fully saturated rings. The Morgan fingerprint density at radius 2 is 1.97 bits per heavy atom. The van der Waals surface area contributed by atoms with E-state index in [0.717, 1.165) is 39.8 Å². The summed E-state index contributed by atoms with van der Waals surface area (Å²) in [5.41, 5.74) is 4.32. The van der Waals surface area contributed by atoms with Crippen LogP contribution in [-0.4, -0.2) is 56.6 Å². The van der Waals surface area contributed by atoms with Crippen LogP contribution in [0, 0.1) is 6.92 Å². The Hall–Kier alpha value is -4.01. The van der Waals surface area contributed by atoms with Crippen LogP contribution >= 0.6 is 0 Å². The minimum atomic E-state index is -0.379. The van der Waals surface area contributed by atoms with Gasteiger partial charge in [0.05, 0.1) is 11.7 Å². The number of nitrogens with zero attached hydrogens (tertiary/aromatic N) is 4. The third kappa shape index (κ3) is 3.97. The lowest BCUT2D eigenvalue weighted by Gasteiger charge is -2.32. The number of aromatic amines is 1. The minimum absolute atomic E-state index is 0.00733. The lowest BCUT2D eigenvalue weighted by atomic mass is 9.90. The monoisotopic (exact) mass is 443 g/mol. The second-order valence-electron chi connectivity index (χ2n) is 8.37. The molecule has 1 aromatic carbocycles. The summed E-state index contributed by atoms with van der Waals surface area (Å²) in [4.78, 5) is 35.5. The summed E-state index contributed by atoms with van der Waals surface area (Å²) in [5.74, 6) is 0.477. The SMILES string of the molecule is CNc1cc([C@H]2CC[C@@H]3C(=O)NC(=O)N3C2)nc(C)c(-c2cnc3ccccc3c2)cn[nH]1. The number of carbonyl (C=O) groups excluding carboxylic acids is 2. The highest BCUT2D eigenvalue weighted by atomic mass is 16.2. The number of hydrogen-bond donors (Lipinski definition) is 3. The highest BCUT2D eigenvalue weighted by Gasteiger charge is 2.42. The molecule has 9 heteroatoms. The third-order valence-corrected chi connectivity index (χ3v) is 6.32. The Labute approximate surface area is 191 Å². The van der Waals surface area contributed by atoms with Gasteiger partial charge in [-0.25, -0.2) is 4.79 Å². The van der Waals surface area contributed by atoms with Crippen molar-refractivity contribution >= 4 is 28.7 Å². The van der Waals surface area contributed by atoms with E-state index >= 15 is 0 Å². The standard InChI is InChI=1S/C24H25N7O2/c1-14-18(17-9-15-5-3-4-6-19(15)26-11-17)12-27-30-22(25-2)10-20(28-14)16-7-8-21-23(32)29-24(33)31(21)13-16/h3-6,9-12,16,21,25,30H,7-8,13H2,1-2H3,(H,29,32,33)/t16-,21+/m0/s1. The van der Waals surface area contributed by atoms with Crippen LogP contribution in [0.5, 0.6) is 0 Å². The number of imide groups is 1. The molecular weight excluding hydrogens is 418 g/mol. The van der Waals surface area contributed by atoms with Crippen LogP contribution in [0.3, 0.4) is 0 Å². The third-order valence-electron chi connectivity index (χ3n) is 6.32. The number of fused-ring (bicyclic) bond motifs is 2. The molecule has 5 rings (SSSR count). The molecule has 168 valence electrons. The zero-order valence-corrected chi connectivity index (χ0v) is 18.5. The van der Waals surface area contributed by atoms with Crippen molar-refractivity contribution in [3.05, 3.63) is 60.2 Å². The molecule has 2 atom stereocenters. The van der Waals surface area contributed by atoms with E-state index in [1.165, 1.54) is 0 Å². The van der Waals surface area contributed by atoms with Gasteiger partial charge < -0.3 is 10.2 Å². The van der Waals surface area contributed by atoms with Gasteiger partial charge in [-0.2, -0.15) is 5.10 Å². The Balaban J connectivity index is 1.59. The molecule has 33 heavy (non-hydrogen) atoms. The molecule has 2 aromatic heterocycles. The van der Waals surface area contributed by atoms with Crippen molar-refractivity contribution in [2.75, 3.05) is 18.9 Å². The van der Waals surface area contributed by atoms with E-state index in [1.807, 2.05) is 50.5 Å². The molecule has 3 amide bonds. The number of aromatic nitrogens is 4. The average Bonchev–Trinajstić information content (AvgIpc) is 3.16. The number of benzene rings is 1. The van der Waals surface area contributed by atoms with Crippen molar-refractivity contribution in [3.63, 3.8) is 0 Å². The topological polar surface area (TPSA) is 116 Å². The predicted molar refractivity (Wildman–Crippen MR) is 125 cm³/mol. The summed E-state index contributed by atoms with van der Waals surface area (Å²) < 4.78 is 0. The van der Waals surface area contributed by atoms with Gasteiger partial charge in [0.15, 0.2) is 0 Å². The van der Waals surface area contributed by atoms with Crippen LogP contribution in [0.25, 0.3) is 22.0 Å². The van der Waals surface area contributed by atoms with Crippen LogP contribution < -0.4 is 10.6 Å². The van der Waals surface area contributed by atoms with Gasteiger partial charge in [-0.3, -0.25) is 25.2 Å². The highest BCUT2D eigenvalue weighted by molar-refractivity contribution is 6.04. The maximum atomic E-state index is 12.2. The second kappa shape index (κ2) is 8.50. The largest absolute Gasteiger partial charge is 0.374 e. The average molecular weight is 444 g/mol. The van der Waals surface area contributed by atoms with Gasteiger partial charge in [0, 0.05) is 59.7 Å². The van der Waals surface area contributed by atoms with E-state index in [0.29, 0.717) is 18.8 Å². The molecule has 0 radical (unpaired) electrons.